The lowest BCUT2D eigenvalue weighted by Crippen LogP contribution is -2.19. The monoisotopic (exact) mass is 336 g/mol. The van der Waals surface area contributed by atoms with Gasteiger partial charge in [0.15, 0.2) is 0 Å². The minimum absolute atomic E-state index is 0.0702. The van der Waals surface area contributed by atoms with E-state index in [1.807, 2.05) is 0 Å². The van der Waals surface area contributed by atoms with E-state index in [-0.39, 0.29) is 17.2 Å². The number of carbonyl (C=O) groups excluding carboxylic acids is 1. The highest BCUT2D eigenvalue weighted by molar-refractivity contribution is 6.03. The zero-order valence-electron chi connectivity index (χ0n) is 13.9. The van der Waals surface area contributed by atoms with E-state index < -0.39 is 5.97 Å². The van der Waals surface area contributed by atoms with Crippen LogP contribution in [0, 0.1) is 0 Å². The van der Waals surface area contributed by atoms with E-state index in [0.717, 1.165) is 18.5 Å². The second-order valence-electron chi connectivity index (χ2n) is 6.88. The van der Waals surface area contributed by atoms with Crippen LogP contribution >= 0.6 is 0 Å². The van der Waals surface area contributed by atoms with Crippen molar-refractivity contribution >= 4 is 17.6 Å². The molecule has 5 nitrogen and oxygen atoms in total. The maximum atomic E-state index is 12.4. The number of rotatable bonds is 3. The van der Waals surface area contributed by atoms with E-state index in [4.69, 9.17) is 5.11 Å². The first kappa shape index (κ1) is 15.8. The van der Waals surface area contributed by atoms with Gasteiger partial charge in [-0.05, 0) is 85.4 Å². The van der Waals surface area contributed by atoms with Gasteiger partial charge in [0.2, 0.25) is 0 Å². The van der Waals surface area contributed by atoms with Crippen molar-refractivity contribution in [1.82, 2.24) is 4.98 Å². The lowest BCUT2D eigenvalue weighted by molar-refractivity contribution is 0.0696. The summed E-state index contributed by atoms with van der Waals surface area (Å²) in [5, 5.41) is 11.8. The van der Waals surface area contributed by atoms with Crippen molar-refractivity contribution in [2.24, 2.45) is 0 Å². The number of carbonyl (C=O) groups is 2. The number of aromatic nitrogens is 1. The van der Waals surface area contributed by atoms with Gasteiger partial charge in [0.25, 0.3) is 5.91 Å². The normalized spacial score (nSPS) is 16.2. The molecule has 0 unspecified atom stereocenters. The molecule has 0 radical (unpaired) electrons. The third-order valence-electron chi connectivity index (χ3n) is 5.26. The highest BCUT2D eigenvalue weighted by Crippen LogP contribution is 2.42. The molecule has 25 heavy (non-hydrogen) atoms. The Balaban J connectivity index is 1.58. The van der Waals surface area contributed by atoms with Crippen LogP contribution in [0.1, 0.15) is 69.1 Å². The van der Waals surface area contributed by atoms with Crippen LogP contribution in [0.4, 0.5) is 5.69 Å². The maximum Gasteiger partial charge on any atom is 0.337 e. The lowest BCUT2D eigenvalue weighted by atomic mass is 9.73. The summed E-state index contributed by atoms with van der Waals surface area (Å²) in [5.41, 5.74) is 5.37. The summed E-state index contributed by atoms with van der Waals surface area (Å²) in [4.78, 5) is 27.2. The Morgan fingerprint density at radius 2 is 1.76 bits per heavy atom. The fraction of sp³-hybridized carbons (Fsp3) is 0.350. The molecular weight excluding hydrogens is 316 g/mol. The summed E-state index contributed by atoms with van der Waals surface area (Å²) >= 11 is 0. The number of hydrogen-bond donors (Lipinski definition) is 2. The van der Waals surface area contributed by atoms with Gasteiger partial charge in [-0.15, -0.1) is 0 Å². The molecule has 0 bridgehead atoms. The molecule has 0 aliphatic heterocycles. The van der Waals surface area contributed by atoms with Gasteiger partial charge in [-0.3, -0.25) is 9.78 Å². The lowest BCUT2D eigenvalue weighted by Gasteiger charge is -2.32. The molecular formula is C20H20N2O3. The Bertz CT molecular complexity index is 812. The molecule has 0 spiro atoms. The molecule has 2 aliphatic carbocycles. The van der Waals surface area contributed by atoms with Crippen molar-refractivity contribution in [1.29, 1.82) is 0 Å². The molecule has 1 aromatic carbocycles. The molecule has 2 N–H and O–H groups in total. The minimum atomic E-state index is -1.05. The van der Waals surface area contributed by atoms with E-state index in [0.29, 0.717) is 5.92 Å². The summed E-state index contributed by atoms with van der Waals surface area (Å²) in [5.74, 6) is -0.669. The van der Waals surface area contributed by atoms with E-state index in [9.17, 15) is 9.59 Å². The number of benzene rings is 1. The number of hydrogen-bond acceptors (Lipinski definition) is 3. The molecule has 0 atom stereocenters. The van der Waals surface area contributed by atoms with Crippen molar-refractivity contribution in [3.8, 4) is 0 Å². The van der Waals surface area contributed by atoms with E-state index in [1.54, 1.807) is 0 Å². The molecule has 0 saturated heterocycles. The summed E-state index contributed by atoms with van der Waals surface area (Å²) in [6, 6.07) is 7.03. The van der Waals surface area contributed by atoms with Crippen molar-refractivity contribution in [2.45, 2.75) is 44.4 Å². The molecule has 2 aromatic rings. The van der Waals surface area contributed by atoms with Gasteiger partial charge in [0.05, 0.1) is 5.56 Å². The molecule has 1 aromatic heterocycles. The molecule has 0 fully saturated rings. The van der Waals surface area contributed by atoms with Gasteiger partial charge in [0, 0.05) is 11.9 Å². The molecule has 0 saturated carbocycles. The van der Waals surface area contributed by atoms with E-state index >= 15 is 0 Å². The Morgan fingerprint density at radius 3 is 2.32 bits per heavy atom. The largest absolute Gasteiger partial charge is 0.478 e. The Labute approximate surface area is 146 Å². The van der Waals surface area contributed by atoms with Crippen molar-refractivity contribution in [2.75, 3.05) is 5.32 Å². The van der Waals surface area contributed by atoms with Crippen LogP contribution in [0.5, 0.6) is 0 Å². The predicted molar refractivity (Wildman–Crippen MR) is 94.2 cm³/mol. The molecule has 128 valence electrons. The van der Waals surface area contributed by atoms with Gasteiger partial charge in [0.1, 0.15) is 5.69 Å². The number of aromatic carboxylic acids is 1. The first-order valence-electron chi connectivity index (χ1n) is 8.78. The molecule has 5 heteroatoms. The van der Waals surface area contributed by atoms with Crippen LogP contribution in [-0.4, -0.2) is 22.0 Å². The number of amides is 1. The zero-order valence-corrected chi connectivity index (χ0v) is 13.9. The summed E-state index contributed by atoms with van der Waals surface area (Å²) in [6.45, 7) is 0. The number of nitrogens with zero attached hydrogens (tertiary/aromatic N) is 1. The second-order valence-corrected chi connectivity index (χ2v) is 6.88. The summed E-state index contributed by atoms with van der Waals surface area (Å²) in [7, 11) is 0. The maximum absolute atomic E-state index is 12.4. The SMILES string of the molecule is O=C(O)c1ccc(C(=O)Nc2cc3c4c(c2)CCCC4CCC3)nc1. The van der Waals surface area contributed by atoms with Gasteiger partial charge in [-0.2, -0.15) is 0 Å². The number of anilines is 1. The standard InChI is InChI=1S/C20H20N2O3/c23-19(17-8-7-15(11-21-17)20(24)25)22-16-9-13-5-1-3-12-4-2-6-14(10-16)18(12)13/h7-12H,1-6H2,(H,22,23)(H,24,25). The molecule has 4 rings (SSSR count). The fourth-order valence-corrected chi connectivity index (χ4v) is 4.15. The average molecular weight is 336 g/mol. The Morgan fingerprint density at radius 1 is 1.08 bits per heavy atom. The first-order valence-corrected chi connectivity index (χ1v) is 8.78. The predicted octanol–water partition coefficient (Wildman–Crippen LogP) is 3.79. The van der Waals surface area contributed by atoms with Crippen LogP contribution in [0.25, 0.3) is 0 Å². The fourth-order valence-electron chi connectivity index (χ4n) is 4.15. The van der Waals surface area contributed by atoms with Crippen molar-refractivity contribution in [3.63, 3.8) is 0 Å². The van der Waals surface area contributed by atoms with Crippen LogP contribution in [0.3, 0.4) is 0 Å². The van der Waals surface area contributed by atoms with Crippen molar-refractivity contribution in [3.05, 3.63) is 58.4 Å². The van der Waals surface area contributed by atoms with Gasteiger partial charge in [-0.1, -0.05) is 0 Å². The Hall–Kier alpha value is -2.69. The molecule has 2 aliphatic rings. The second kappa shape index (κ2) is 6.31. The topological polar surface area (TPSA) is 79.3 Å². The number of carboxylic acids is 1. The number of aryl methyl sites for hydroxylation is 2. The number of nitrogens with one attached hydrogen (secondary N) is 1. The summed E-state index contributed by atoms with van der Waals surface area (Å²) in [6.07, 6.45) is 8.36. The highest BCUT2D eigenvalue weighted by atomic mass is 16.4. The van der Waals surface area contributed by atoms with Crippen LogP contribution in [0.2, 0.25) is 0 Å². The number of pyridine rings is 1. The van der Waals surface area contributed by atoms with Crippen LogP contribution in [0.15, 0.2) is 30.5 Å². The average Bonchev–Trinajstić information content (AvgIpc) is 2.62. The van der Waals surface area contributed by atoms with Gasteiger partial charge < -0.3 is 10.4 Å². The highest BCUT2D eigenvalue weighted by Gasteiger charge is 2.27. The molecule has 1 amide bonds. The van der Waals surface area contributed by atoms with Crippen LogP contribution in [-0.2, 0) is 12.8 Å². The van der Waals surface area contributed by atoms with E-state index in [1.165, 1.54) is 60.7 Å². The minimum Gasteiger partial charge on any atom is -0.478 e. The summed E-state index contributed by atoms with van der Waals surface area (Å²) < 4.78 is 0. The quantitative estimate of drug-likeness (QED) is 0.894. The smallest absolute Gasteiger partial charge is 0.337 e. The molecule has 1 heterocycles. The number of carboxylic acid groups (broad SMARTS) is 1. The Kier molecular flexibility index (Phi) is 3.99. The first-order chi connectivity index (χ1) is 12.1. The zero-order chi connectivity index (χ0) is 17.4. The van der Waals surface area contributed by atoms with Gasteiger partial charge in [-0.25, -0.2) is 4.79 Å². The van der Waals surface area contributed by atoms with Crippen molar-refractivity contribution < 1.29 is 14.7 Å². The van der Waals surface area contributed by atoms with Gasteiger partial charge >= 0.3 is 5.97 Å². The van der Waals surface area contributed by atoms with E-state index in [2.05, 4.69) is 22.4 Å². The van der Waals surface area contributed by atoms with Crippen LogP contribution < -0.4 is 5.32 Å². The third-order valence-corrected chi connectivity index (χ3v) is 5.26. The third kappa shape index (κ3) is 3.02.